The van der Waals surface area contributed by atoms with E-state index >= 15 is 0 Å². The zero-order valence-corrected chi connectivity index (χ0v) is 20.0. The van der Waals surface area contributed by atoms with Crippen LogP contribution < -0.4 is 16.2 Å². The third kappa shape index (κ3) is 4.39. The fraction of sp³-hybridized carbons (Fsp3) is 0.296. The second kappa shape index (κ2) is 8.94. The Morgan fingerprint density at radius 3 is 2.46 bits per heavy atom. The summed E-state index contributed by atoms with van der Waals surface area (Å²) in [5.41, 5.74) is 8.95. The van der Waals surface area contributed by atoms with E-state index in [9.17, 15) is 4.79 Å². The van der Waals surface area contributed by atoms with Crippen LogP contribution in [0.2, 0.25) is 0 Å². The molecule has 8 heteroatoms. The molecule has 0 amide bonds. The maximum Gasteiger partial charge on any atom is 0.329 e. The molecule has 5 rings (SSSR count). The first-order valence-electron chi connectivity index (χ1n) is 11.8. The normalized spacial score (nSPS) is 14.5. The molecule has 1 aliphatic rings. The zero-order chi connectivity index (χ0) is 24.7. The number of nitrogen functional groups attached to an aromatic ring is 1. The molecular formula is C27H30N6O2. The van der Waals surface area contributed by atoms with E-state index in [1.165, 1.54) is 0 Å². The average molecular weight is 471 g/mol. The summed E-state index contributed by atoms with van der Waals surface area (Å²) in [7, 11) is 1.79. The highest BCUT2D eigenvalue weighted by Gasteiger charge is 2.21. The van der Waals surface area contributed by atoms with Crippen LogP contribution in [-0.2, 0) is 13.6 Å². The van der Waals surface area contributed by atoms with Crippen molar-refractivity contribution in [2.45, 2.75) is 32.4 Å². The number of fused-ring (bicyclic) bond motifs is 2. The molecule has 1 fully saturated rings. The molecule has 0 aliphatic carbocycles. The van der Waals surface area contributed by atoms with Gasteiger partial charge < -0.3 is 15.4 Å². The second-order valence-corrected chi connectivity index (χ2v) is 9.28. The van der Waals surface area contributed by atoms with Gasteiger partial charge in [0.05, 0.1) is 23.4 Å². The number of ether oxygens (including phenoxy) is 1. The van der Waals surface area contributed by atoms with Crippen LogP contribution in [0.4, 0.5) is 0 Å². The van der Waals surface area contributed by atoms with Crippen molar-refractivity contribution in [1.29, 1.82) is 10.8 Å². The molecule has 0 spiro atoms. The monoisotopic (exact) mass is 470 g/mol. The Morgan fingerprint density at radius 1 is 1.00 bits per heavy atom. The number of nitrogens with two attached hydrogens (primary N) is 1. The number of nitrogens with one attached hydrogen (secondary N) is 2. The first-order valence-corrected chi connectivity index (χ1v) is 11.8. The summed E-state index contributed by atoms with van der Waals surface area (Å²) in [6.45, 7) is 3.90. The van der Waals surface area contributed by atoms with Crippen molar-refractivity contribution in [2.24, 2.45) is 12.8 Å². The molecule has 0 saturated carbocycles. The molecule has 4 N–H and O–H groups in total. The van der Waals surface area contributed by atoms with Gasteiger partial charge >= 0.3 is 5.69 Å². The van der Waals surface area contributed by atoms with Crippen LogP contribution in [0.3, 0.4) is 0 Å². The summed E-state index contributed by atoms with van der Waals surface area (Å²) < 4.78 is 9.73. The lowest BCUT2D eigenvalue weighted by Gasteiger charge is -2.32. The van der Waals surface area contributed by atoms with Gasteiger partial charge in [-0.3, -0.25) is 20.0 Å². The summed E-state index contributed by atoms with van der Waals surface area (Å²) in [4.78, 5) is 15.2. The minimum atomic E-state index is -0.0792. The van der Waals surface area contributed by atoms with E-state index in [1.807, 2.05) is 61.5 Å². The first-order chi connectivity index (χ1) is 16.8. The predicted octanol–water partition coefficient (Wildman–Crippen LogP) is 3.67. The number of aromatic nitrogens is 2. The third-order valence-electron chi connectivity index (χ3n) is 6.89. The van der Waals surface area contributed by atoms with Crippen LogP contribution in [0.1, 0.15) is 30.9 Å². The molecule has 0 bridgehead atoms. The lowest BCUT2D eigenvalue weighted by atomic mass is 10.0. The van der Waals surface area contributed by atoms with Crippen molar-refractivity contribution >= 4 is 33.5 Å². The van der Waals surface area contributed by atoms with Crippen molar-refractivity contribution < 1.29 is 4.74 Å². The second-order valence-electron chi connectivity index (χ2n) is 9.28. The molecule has 2 heterocycles. The average Bonchev–Trinajstić information content (AvgIpc) is 3.08. The van der Waals surface area contributed by atoms with Crippen molar-refractivity contribution in [3.8, 4) is 5.75 Å². The maximum absolute atomic E-state index is 13.1. The third-order valence-corrected chi connectivity index (χ3v) is 6.89. The number of amidine groups is 2. The number of rotatable bonds is 5. The van der Waals surface area contributed by atoms with Crippen LogP contribution in [-0.4, -0.2) is 44.9 Å². The minimum absolute atomic E-state index is 0.0359. The molecule has 180 valence electrons. The fourth-order valence-corrected chi connectivity index (χ4v) is 4.86. The van der Waals surface area contributed by atoms with Gasteiger partial charge in [0.2, 0.25) is 0 Å². The molecule has 8 nitrogen and oxygen atoms in total. The first kappa shape index (κ1) is 22.7. The summed E-state index contributed by atoms with van der Waals surface area (Å²) in [5, 5.41) is 17.6. The lowest BCUT2D eigenvalue weighted by Crippen LogP contribution is -2.40. The van der Waals surface area contributed by atoms with E-state index in [1.54, 1.807) is 16.2 Å². The van der Waals surface area contributed by atoms with Crippen molar-refractivity contribution in [2.75, 3.05) is 13.1 Å². The van der Waals surface area contributed by atoms with Crippen LogP contribution in [0.25, 0.3) is 21.8 Å². The molecule has 35 heavy (non-hydrogen) atoms. The number of hydrogen-bond donors (Lipinski definition) is 3. The minimum Gasteiger partial charge on any atom is -0.490 e. The molecule has 0 unspecified atom stereocenters. The molecule has 1 aromatic heterocycles. The van der Waals surface area contributed by atoms with Crippen molar-refractivity contribution in [1.82, 2.24) is 14.0 Å². The molecule has 0 radical (unpaired) electrons. The number of benzene rings is 3. The van der Waals surface area contributed by atoms with Gasteiger partial charge in [-0.15, -0.1) is 0 Å². The van der Waals surface area contributed by atoms with Crippen molar-refractivity contribution in [3.05, 3.63) is 76.2 Å². The Balaban J connectivity index is 1.44. The van der Waals surface area contributed by atoms with Crippen LogP contribution in [0.5, 0.6) is 5.75 Å². The number of hydrogen-bond acceptors (Lipinski definition) is 4. The smallest absolute Gasteiger partial charge is 0.329 e. The molecule has 4 aromatic rings. The van der Waals surface area contributed by atoms with Crippen LogP contribution >= 0.6 is 0 Å². The highest BCUT2D eigenvalue weighted by atomic mass is 16.5. The number of piperidine rings is 1. The maximum atomic E-state index is 13.1. The molecule has 0 atom stereocenters. The highest BCUT2D eigenvalue weighted by Crippen LogP contribution is 2.25. The standard InChI is InChI=1S/C27H30N6O2/c1-17(28)32-11-9-22(10-12-32)35-23-7-8-24-25(15-23)33(27(34)31(24)2)16-18-3-4-19-5-6-20(26(29)30)14-21(19)13-18/h3-8,13-15,22,28H,9-12,16H2,1-2H3,(H3,29,30). The van der Waals surface area contributed by atoms with E-state index in [4.69, 9.17) is 21.3 Å². The SMILES string of the molecule is CC(=N)N1CCC(Oc2ccc3c(c2)n(Cc2ccc4ccc(C(=N)N)cc4c2)c(=O)n3C)CC1. The van der Waals surface area contributed by atoms with Gasteiger partial charge in [0.25, 0.3) is 0 Å². The number of nitrogens with zero attached hydrogens (tertiary/aromatic N) is 3. The Kier molecular flexibility index (Phi) is 5.80. The molecule has 1 saturated heterocycles. The van der Waals surface area contributed by atoms with Gasteiger partial charge in [-0.2, -0.15) is 0 Å². The van der Waals surface area contributed by atoms with E-state index in [-0.39, 0.29) is 17.6 Å². The van der Waals surface area contributed by atoms with E-state index in [2.05, 4.69) is 4.90 Å². The van der Waals surface area contributed by atoms with E-state index < -0.39 is 0 Å². The lowest BCUT2D eigenvalue weighted by molar-refractivity contribution is 0.130. The van der Waals surface area contributed by atoms with Gasteiger partial charge in [0.1, 0.15) is 17.7 Å². The molecule has 1 aliphatic heterocycles. The highest BCUT2D eigenvalue weighted by molar-refractivity contribution is 5.99. The summed E-state index contributed by atoms with van der Waals surface area (Å²) >= 11 is 0. The molecule has 3 aromatic carbocycles. The number of likely N-dealkylation sites (tertiary alicyclic amines) is 1. The quantitative estimate of drug-likeness (QED) is 0.305. The van der Waals surface area contributed by atoms with Gasteiger partial charge in [-0.25, -0.2) is 4.79 Å². The van der Waals surface area contributed by atoms with Gasteiger partial charge in [-0.1, -0.05) is 24.3 Å². The Morgan fingerprint density at radius 2 is 1.74 bits per heavy atom. The summed E-state index contributed by atoms with van der Waals surface area (Å²) in [5.74, 6) is 1.39. The Bertz CT molecular complexity index is 1510. The number of aryl methyl sites for hydroxylation is 1. The van der Waals surface area contributed by atoms with Crippen molar-refractivity contribution in [3.63, 3.8) is 0 Å². The van der Waals surface area contributed by atoms with Gasteiger partial charge in [0, 0.05) is 44.6 Å². The Labute approximate surface area is 203 Å². The molecular weight excluding hydrogens is 440 g/mol. The van der Waals surface area contributed by atoms with E-state index in [0.717, 1.165) is 59.0 Å². The van der Waals surface area contributed by atoms with E-state index in [0.29, 0.717) is 17.9 Å². The van der Waals surface area contributed by atoms with Crippen LogP contribution in [0.15, 0.2) is 59.4 Å². The number of imidazole rings is 1. The zero-order valence-electron chi connectivity index (χ0n) is 20.0. The van der Waals surface area contributed by atoms with Crippen LogP contribution in [0, 0.1) is 10.8 Å². The fourth-order valence-electron chi connectivity index (χ4n) is 4.86. The van der Waals surface area contributed by atoms with Gasteiger partial charge in [0.15, 0.2) is 0 Å². The Hall–Kier alpha value is -4.07. The summed E-state index contributed by atoms with van der Waals surface area (Å²) in [6, 6.07) is 17.6. The summed E-state index contributed by atoms with van der Waals surface area (Å²) in [6.07, 6.45) is 1.84. The predicted molar refractivity (Wildman–Crippen MR) is 140 cm³/mol. The largest absolute Gasteiger partial charge is 0.490 e. The topological polar surface area (TPSA) is 113 Å². The van der Waals surface area contributed by atoms with Gasteiger partial charge in [-0.05, 0) is 47.5 Å².